The van der Waals surface area contributed by atoms with Gasteiger partial charge in [-0.05, 0) is 18.6 Å². The van der Waals surface area contributed by atoms with Crippen LogP contribution in [0.1, 0.15) is 18.4 Å². The van der Waals surface area contributed by atoms with E-state index < -0.39 is 17.8 Å². The number of likely N-dealkylation sites (tertiary alicyclic amines) is 1. The smallest absolute Gasteiger partial charge is 0.326 e. The highest BCUT2D eigenvalue weighted by molar-refractivity contribution is 6.31. The first-order valence-electron chi connectivity index (χ1n) is 5.46. The van der Waals surface area contributed by atoms with Gasteiger partial charge in [0.15, 0.2) is 0 Å². The fourth-order valence-corrected chi connectivity index (χ4v) is 2.27. The lowest BCUT2D eigenvalue weighted by atomic mass is 10.1. The zero-order chi connectivity index (χ0) is 13.3. The SMILES string of the molecule is O=C(O)C1CCC(=O)N1Cc1c(F)cccc1Cl. The molecule has 0 bridgehead atoms. The molecule has 1 aliphatic rings. The first kappa shape index (κ1) is 12.8. The molecule has 0 saturated carbocycles. The number of rotatable bonds is 3. The van der Waals surface area contributed by atoms with Crippen molar-refractivity contribution in [1.29, 1.82) is 0 Å². The molecule has 4 nitrogen and oxygen atoms in total. The van der Waals surface area contributed by atoms with E-state index in [2.05, 4.69) is 0 Å². The van der Waals surface area contributed by atoms with Crippen LogP contribution >= 0.6 is 11.6 Å². The number of hydrogen-bond acceptors (Lipinski definition) is 2. The Morgan fingerprint density at radius 1 is 1.56 bits per heavy atom. The van der Waals surface area contributed by atoms with Gasteiger partial charge in [0.05, 0.1) is 6.54 Å². The quantitative estimate of drug-likeness (QED) is 0.915. The molecule has 96 valence electrons. The molecular weight excluding hydrogens is 261 g/mol. The molecule has 1 N–H and O–H groups in total. The average Bonchev–Trinajstić information content (AvgIpc) is 2.66. The van der Waals surface area contributed by atoms with Gasteiger partial charge in [-0.25, -0.2) is 9.18 Å². The minimum absolute atomic E-state index is 0.110. The molecule has 6 heteroatoms. The Morgan fingerprint density at radius 3 is 2.89 bits per heavy atom. The summed E-state index contributed by atoms with van der Waals surface area (Å²) in [7, 11) is 0. The van der Waals surface area contributed by atoms with Gasteiger partial charge in [0, 0.05) is 17.0 Å². The van der Waals surface area contributed by atoms with E-state index in [0.29, 0.717) is 0 Å². The Bertz CT molecular complexity index is 486. The van der Waals surface area contributed by atoms with E-state index in [1.165, 1.54) is 18.2 Å². The third kappa shape index (κ3) is 2.31. The van der Waals surface area contributed by atoms with Gasteiger partial charge < -0.3 is 10.0 Å². The summed E-state index contributed by atoms with van der Waals surface area (Å²) < 4.78 is 13.6. The number of nitrogens with zero attached hydrogens (tertiary/aromatic N) is 1. The van der Waals surface area contributed by atoms with Crippen molar-refractivity contribution in [3.05, 3.63) is 34.6 Å². The molecule has 0 aromatic heterocycles. The number of carbonyl (C=O) groups is 2. The van der Waals surface area contributed by atoms with Gasteiger partial charge in [0.25, 0.3) is 0 Å². The van der Waals surface area contributed by atoms with Crippen LogP contribution in [0.4, 0.5) is 4.39 Å². The van der Waals surface area contributed by atoms with Crippen LogP contribution in [0.25, 0.3) is 0 Å². The predicted octanol–water partition coefficient (Wildman–Crippen LogP) is 2.05. The Kier molecular flexibility index (Phi) is 3.52. The summed E-state index contributed by atoms with van der Waals surface area (Å²) in [4.78, 5) is 23.8. The maximum atomic E-state index is 13.6. The molecule has 18 heavy (non-hydrogen) atoms. The second-order valence-corrected chi connectivity index (χ2v) is 4.52. The van der Waals surface area contributed by atoms with Gasteiger partial charge in [0.2, 0.25) is 5.91 Å². The van der Waals surface area contributed by atoms with Crippen LogP contribution in [0.5, 0.6) is 0 Å². The molecule has 1 unspecified atom stereocenters. The molecule has 1 amide bonds. The number of carbonyl (C=O) groups excluding carboxylic acids is 1. The predicted molar refractivity (Wildman–Crippen MR) is 62.6 cm³/mol. The summed E-state index contributed by atoms with van der Waals surface area (Å²) in [5.41, 5.74) is 0.153. The van der Waals surface area contributed by atoms with Crippen LogP contribution < -0.4 is 0 Å². The highest BCUT2D eigenvalue weighted by Gasteiger charge is 2.36. The highest BCUT2D eigenvalue weighted by atomic mass is 35.5. The van der Waals surface area contributed by atoms with E-state index in [-0.39, 0.29) is 35.9 Å². The fraction of sp³-hybridized carbons (Fsp3) is 0.333. The first-order valence-corrected chi connectivity index (χ1v) is 5.83. The summed E-state index contributed by atoms with van der Waals surface area (Å²) >= 11 is 5.86. The lowest BCUT2D eigenvalue weighted by molar-refractivity contribution is -0.146. The Labute approximate surface area is 108 Å². The number of hydrogen-bond donors (Lipinski definition) is 1. The first-order chi connectivity index (χ1) is 8.50. The van der Waals surface area contributed by atoms with E-state index in [1.807, 2.05) is 0 Å². The van der Waals surface area contributed by atoms with Gasteiger partial charge >= 0.3 is 5.97 Å². The summed E-state index contributed by atoms with van der Waals surface area (Å²) in [6.45, 7) is -0.110. The van der Waals surface area contributed by atoms with Gasteiger partial charge in [0.1, 0.15) is 11.9 Å². The molecule has 0 radical (unpaired) electrons. The van der Waals surface area contributed by atoms with Gasteiger partial charge in [-0.2, -0.15) is 0 Å². The standard InChI is InChI=1S/C12H11ClFNO3/c13-8-2-1-3-9(14)7(8)6-15-10(12(17)18)4-5-11(15)16/h1-3,10H,4-6H2,(H,17,18). The number of carboxylic acids is 1. The van der Waals surface area contributed by atoms with Crippen LogP contribution in [0.2, 0.25) is 5.02 Å². The van der Waals surface area contributed by atoms with Crippen molar-refractivity contribution in [2.24, 2.45) is 0 Å². The Balaban J connectivity index is 2.27. The minimum Gasteiger partial charge on any atom is -0.480 e. The molecular formula is C12H11ClFNO3. The average molecular weight is 272 g/mol. The van der Waals surface area contributed by atoms with Crippen molar-refractivity contribution in [3.63, 3.8) is 0 Å². The highest BCUT2D eigenvalue weighted by Crippen LogP contribution is 2.26. The minimum atomic E-state index is -1.08. The Hall–Kier alpha value is -1.62. The number of carboxylic acid groups (broad SMARTS) is 1. The summed E-state index contributed by atoms with van der Waals surface area (Å²) in [5.74, 6) is -1.90. The second kappa shape index (κ2) is 4.94. The zero-order valence-electron chi connectivity index (χ0n) is 9.40. The van der Waals surface area contributed by atoms with E-state index in [4.69, 9.17) is 16.7 Å². The van der Waals surface area contributed by atoms with Crippen molar-refractivity contribution in [2.75, 3.05) is 0 Å². The number of aliphatic carboxylic acids is 1. The Morgan fingerprint density at radius 2 is 2.28 bits per heavy atom. The number of benzene rings is 1. The van der Waals surface area contributed by atoms with Crippen LogP contribution in [-0.2, 0) is 16.1 Å². The monoisotopic (exact) mass is 271 g/mol. The third-order valence-corrected chi connectivity index (χ3v) is 3.36. The van der Waals surface area contributed by atoms with E-state index in [0.717, 1.165) is 4.90 Å². The largest absolute Gasteiger partial charge is 0.480 e. The maximum Gasteiger partial charge on any atom is 0.326 e. The second-order valence-electron chi connectivity index (χ2n) is 4.11. The number of amides is 1. The van der Waals surface area contributed by atoms with Gasteiger partial charge in [-0.15, -0.1) is 0 Å². The summed E-state index contributed by atoms with van der Waals surface area (Å²) in [6.07, 6.45) is 0.420. The summed E-state index contributed by atoms with van der Waals surface area (Å²) in [5, 5.41) is 9.19. The van der Waals surface area contributed by atoms with Crippen LogP contribution in [-0.4, -0.2) is 27.9 Å². The number of halogens is 2. The van der Waals surface area contributed by atoms with Crippen LogP contribution in [0.3, 0.4) is 0 Å². The molecule has 1 heterocycles. The lowest BCUT2D eigenvalue weighted by Crippen LogP contribution is -2.38. The molecule has 1 aliphatic heterocycles. The molecule has 1 aromatic rings. The molecule has 1 fully saturated rings. The normalized spacial score (nSPS) is 19.3. The molecule has 1 saturated heterocycles. The topological polar surface area (TPSA) is 57.6 Å². The lowest BCUT2D eigenvalue weighted by Gasteiger charge is -2.22. The molecule has 1 aromatic carbocycles. The maximum absolute atomic E-state index is 13.6. The van der Waals surface area contributed by atoms with Crippen LogP contribution in [0, 0.1) is 5.82 Å². The fourth-order valence-electron chi connectivity index (χ4n) is 2.04. The van der Waals surface area contributed by atoms with Gasteiger partial charge in [-0.1, -0.05) is 17.7 Å². The van der Waals surface area contributed by atoms with Crippen molar-refractivity contribution < 1.29 is 19.1 Å². The molecule has 1 atom stereocenters. The van der Waals surface area contributed by atoms with Crippen LogP contribution in [0.15, 0.2) is 18.2 Å². The molecule has 0 aliphatic carbocycles. The van der Waals surface area contributed by atoms with Crippen molar-refractivity contribution in [2.45, 2.75) is 25.4 Å². The van der Waals surface area contributed by atoms with Crippen molar-refractivity contribution in [3.8, 4) is 0 Å². The van der Waals surface area contributed by atoms with E-state index in [1.54, 1.807) is 0 Å². The van der Waals surface area contributed by atoms with Gasteiger partial charge in [-0.3, -0.25) is 4.79 Å². The molecule has 2 rings (SSSR count). The third-order valence-electron chi connectivity index (χ3n) is 3.00. The van der Waals surface area contributed by atoms with Crippen molar-refractivity contribution in [1.82, 2.24) is 4.90 Å². The van der Waals surface area contributed by atoms with E-state index in [9.17, 15) is 14.0 Å². The zero-order valence-corrected chi connectivity index (χ0v) is 10.2. The van der Waals surface area contributed by atoms with Crippen molar-refractivity contribution >= 4 is 23.5 Å². The molecule has 0 spiro atoms. The summed E-state index contributed by atoms with van der Waals surface area (Å²) in [6, 6.07) is 3.31. The van der Waals surface area contributed by atoms with E-state index >= 15 is 0 Å².